The van der Waals surface area contributed by atoms with Crippen LogP contribution in [-0.2, 0) is 19.7 Å². The quantitative estimate of drug-likeness (QED) is 0.775. The number of likely N-dealkylation sites (tertiary alicyclic amines) is 1. The molecule has 1 spiro atoms. The average Bonchev–Trinajstić information content (AvgIpc) is 3.02. The molecule has 0 aromatic heterocycles. The number of rotatable bonds is 4. The topological polar surface area (TPSA) is 53.1 Å². The monoisotopic (exact) mass is 399 g/mol. The first kappa shape index (κ1) is 20.4. The molecule has 0 N–H and O–H groups in total. The van der Waals surface area contributed by atoms with Crippen molar-refractivity contribution in [1.29, 1.82) is 0 Å². The minimum atomic E-state index is 0.0791. The Bertz CT molecular complexity index is 749. The van der Waals surface area contributed by atoms with Crippen molar-refractivity contribution in [3.05, 3.63) is 35.4 Å². The highest BCUT2D eigenvalue weighted by molar-refractivity contribution is 5.78. The third-order valence-electron chi connectivity index (χ3n) is 7.23. The van der Waals surface area contributed by atoms with Crippen molar-refractivity contribution in [3.63, 3.8) is 0 Å². The molecule has 2 saturated heterocycles. The lowest BCUT2D eigenvalue weighted by molar-refractivity contribution is -0.136. The van der Waals surface area contributed by atoms with Gasteiger partial charge in [-0.1, -0.05) is 24.3 Å². The van der Waals surface area contributed by atoms with Gasteiger partial charge >= 0.3 is 0 Å². The van der Waals surface area contributed by atoms with Gasteiger partial charge in [-0.05, 0) is 48.8 Å². The van der Waals surface area contributed by atoms with Gasteiger partial charge in [-0.3, -0.25) is 9.59 Å². The zero-order valence-electron chi connectivity index (χ0n) is 17.7. The van der Waals surface area contributed by atoms with Crippen molar-refractivity contribution in [2.75, 3.05) is 60.0 Å². The summed E-state index contributed by atoms with van der Waals surface area (Å²) in [5.41, 5.74) is 2.87. The predicted octanol–water partition coefficient (Wildman–Crippen LogP) is 1.84. The van der Waals surface area contributed by atoms with Crippen molar-refractivity contribution in [2.45, 2.75) is 37.0 Å². The van der Waals surface area contributed by atoms with Crippen LogP contribution in [0.5, 0.6) is 0 Å². The summed E-state index contributed by atoms with van der Waals surface area (Å²) in [6, 6.07) is 8.69. The number of hydrogen-bond donors (Lipinski definition) is 0. The number of hydrogen-bond acceptors (Lipinski definition) is 4. The minimum Gasteiger partial charge on any atom is -0.375 e. The van der Waals surface area contributed by atoms with Gasteiger partial charge in [-0.2, -0.15) is 0 Å². The summed E-state index contributed by atoms with van der Waals surface area (Å²) in [4.78, 5) is 31.4. The molecule has 0 bridgehead atoms. The number of fused-ring (bicyclic) bond motifs is 2. The number of carbonyl (C=O) groups is 2. The Morgan fingerprint density at radius 1 is 1.00 bits per heavy atom. The zero-order chi connectivity index (χ0) is 20.4. The zero-order valence-corrected chi connectivity index (χ0v) is 17.7. The first-order valence-electron chi connectivity index (χ1n) is 10.8. The van der Waals surface area contributed by atoms with Crippen LogP contribution in [0.25, 0.3) is 0 Å². The van der Waals surface area contributed by atoms with Gasteiger partial charge in [0.2, 0.25) is 11.8 Å². The van der Waals surface area contributed by atoms with E-state index in [0.717, 1.165) is 58.5 Å². The highest BCUT2D eigenvalue weighted by atomic mass is 16.5. The van der Waals surface area contributed by atoms with E-state index in [1.165, 1.54) is 11.1 Å². The van der Waals surface area contributed by atoms with Crippen LogP contribution in [-0.4, -0.2) is 86.5 Å². The van der Waals surface area contributed by atoms with Crippen molar-refractivity contribution in [1.82, 2.24) is 14.7 Å². The standard InChI is InChI=1S/C23H33N3O3/c1-24-11-13-26(14-12-24)21(27)15-18-16-23(20-6-4-3-5-19(18)20)7-9-25(10-8-23)22(28)17-29-2/h3-6,18H,7-17H2,1-2H3/t18-/m0/s1. The van der Waals surface area contributed by atoms with Crippen LogP contribution in [0, 0.1) is 0 Å². The van der Waals surface area contributed by atoms with Crippen molar-refractivity contribution in [3.8, 4) is 0 Å². The number of benzene rings is 1. The van der Waals surface area contributed by atoms with Gasteiger partial charge in [-0.15, -0.1) is 0 Å². The van der Waals surface area contributed by atoms with Gasteiger partial charge < -0.3 is 19.4 Å². The highest BCUT2D eigenvalue weighted by Gasteiger charge is 2.46. The van der Waals surface area contributed by atoms with Crippen molar-refractivity contribution < 1.29 is 14.3 Å². The fraction of sp³-hybridized carbons (Fsp3) is 0.652. The van der Waals surface area contributed by atoms with Gasteiger partial charge in [0.15, 0.2) is 0 Å². The molecule has 6 heteroatoms. The van der Waals surface area contributed by atoms with Gasteiger partial charge in [0, 0.05) is 52.8 Å². The lowest BCUT2D eigenvalue weighted by atomic mass is 9.73. The summed E-state index contributed by atoms with van der Waals surface area (Å²) < 4.78 is 5.02. The third kappa shape index (κ3) is 4.05. The lowest BCUT2D eigenvalue weighted by Crippen LogP contribution is -2.47. The van der Waals surface area contributed by atoms with Gasteiger partial charge in [0.1, 0.15) is 6.61 Å². The molecule has 0 unspecified atom stereocenters. The average molecular weight is 400 g/mol. The van der Waals surface area contributed by atoms with E-state index < -0.39 is 0 Å². The van der Waals surface area contributed by atoms with Crippen LogP contribution in [0.1, 0.15) is 42.7 Å². The van der Waals surface area contributed by atoms with Crippen molar-refractivity contribution in [2.24, 2.45) is 0 Å². The molecule has 158 valence electrons. The van der Waals surface area contributed by atoms with Crippen LogP contribution in [0.4, 0.5) is 0 Å². The molecular weight excluding hydrogens is 366 g/mol. The highest BCUT2D eigenvalue weighted by Crippen LogP contribution is 2.52. The van der Waals surface area contributed by atoms with Gasteiger partial charge in [0.05, 0.1) is 0 Å². The largest absolute Gasteiger partial charge is 0.375 e. The second-order valence-electron chi connectivity index (χ2n) is 8.97. The number of amides is 2. The molecule has 2 amide bonds. The molecule has 2 fully saturated rings. The lowest BCUT2D eigenvalue weighted by Gasteiger charge is -2.40. The van der Waals surface area contributed by atoms with Crippen LogP contribution >= 0.6 is 0 Å². The van der Waals surface area contributed by atoms with Gasteiger partial charge in [0.25, 0.3) is 0 Å². The van der Waals surface area contributed by atoms with E-state index >= 15 is 0 Å². The van der Waals surface area contributed by atoms with E-state index in [1.54, 1.807) is 7.11 Å². The first-order valence-corrected chi connectivity index (χ1v) is 10.8. The second kappa shape index (κ2) is 8.44. The predicted molar refractivity (Wildman–Crippen MR) is 112 cm³/mol. The molecule has 1 aliphatic carbocycles. The molecule has 2 aliphatic heterocycles. The first-order chi connectivity index (χ1) is 14.0. The maximum atomic E-state index is 13.0. The molecule has 1 atom stereocenters. The summed E-state index contributed by atoms with van der Waals surface area (Å²) in [6.45, 7) is 5.30. The number of piperazine rings is 1. The van der Waals surface area contributed by atoms with E-state index in [-0.39, 0.29) is 17.9 Å². The fourth-order valence-corrected chi connectivity index (χ4v) is 5.48. The van der Waals surface area contributed by atoms with E-state index in [2.05, 4.69) is 36.2 Å². The number of ether oxygens (including phenoxy) is 1. The Hall–Kier alpha value is -1.92. The summed E-state index contributed by atoms with van der Waals surface area (Å²) in [6.07, 6.45) is 3.57. The molecule has 3 aliphatic rings. The molecule has 2 heterocycles. The molecule has 1 aromatic rings. The maximum absolute atomic E-state index is 13.0. The molecule has 6 nitrogen and oxygen atoms in total. The van der Waals surface area contributed by atoms with E-state index in [4.69, 9.17) is 4.74 Å². The number of carbonyl (C=O) groups excluding carboxylic acids is 2. The molecular formula is C23H33N3O3. The summed E-state index contributed by atoms with van der Waals surface area (Å²) >= 11 is 0. The van der Waals surface area contributed by atoms with Crippen LogP contribution in [0.3, 0.4) is 0 Å². The molecule has 4 rings (SSSR count). The SMILES string of the molecule is COCC(=O)N1CCC2(CC1)C[C@H](CC(=O)N1CCN(C)CC1)c1ccccc12. The smallest absolute Gasteiger partial charge is 0.248 e. The number of likely N-dealkylation sites (N-methyl/N-ethyl adjacent to an activating group) is 1. The van der Waals surface area contributed by atoms with Crippen molar-refractivity contribution >= 4 is 11.8 Å². The Morgan fingerprint density at radius 2 is 1.66 bits per heavy atom. The Morgan fingerprint density at radius 3 is 2.34 bits per heavy atom. The summed E-state index contributed by atoms with van der Waals surface area (Å²) in [5, 5.41) is 0. The molecule has 0 radical (unpaired) electrons. The Kier molecular flexibility index (Phi) is 5.93. The third-order valence-corrected chi connectivity index (χ3v) is 7.23. The normalized spacial score (nSPS) is 24.0. The van der Waals surface area contributed by atoms with Gasteiger partial charge in [-0.25, -0.2) is 0 Å². The summed E-state index contributed by atoms with van der Waals surface area (Å²) in [5.74, 6) is 0.665. The van der Waals surface area contributed by atoms with E-state index in [9.17, 15) is 9.59 Å². The fourth-order valence-electron chi connectivity index (χ4n) is 5.48. The van der Waals surface area contributed by atoms with Crippen LogP contribution < -0.4 is 0 Å². The summed E-state index contributed by atoms with van der Waals surface area (Å²) in [7, 11) is 3.68. The second-order valence-corrected chi connectivity index (χ2v) is 8.97. The van der Waals surface area contributed by atoms with E-state index in [0.29, 0.717) is 18.2 Å². The molecule has 1 aromatic carbocycles. The minimum absolute atomic E-state index is 0.0791. The van der Waals surface area contributed by atoms with Crippen LogP contribution in [0.2, 0.25) is 0 Å². The Labute approximate surface area is 173 Å². The van der Waals surface area contributed by atoms with E-state index in [1.807, 2.05) is 9.80 Å². The van der Waals surface area contributed by atoms with Crippen LogP contribution in [0.15, 0.2) is 24.3 Å². The molecule has 29 heavy (non-hydrogen) atoms. The maximum Gasteiger partial charge on any atom is 0.248 e. The number of piperidine rings is 1. The number of methoxy groups -OCH3 is 1. The number of nitrogens with zero attached hydrogens (tertiary/aromatic N) is 3. The molecule has 0 saturated carbocycles. The Balaban J connectivity index is 1.45.